The Hall–Kier alpha value is -1.84. The van der Waals surface area contributed by atoms with E-state index in [0.29, 0.717) is 5.84 Å². The first-order valence-electron chi connectivity index (χ1n) is 6.23. The highest BCUT2D eigenvalue weighted by molar-refractivity contribution is 7.22. The molecule has 0 unspecified atom stereocenters. The van der Waals surface area contributed by atoms with Crippen molar-refractivity contribution in [2.24, 2.45) is 10.7 Å². The third-order valence-electron chi connectivity index (χ3n) is 2.94. The number of nitrogens with zero attached hydrogens (tertiary/aromatic N) is 1. The van der Waals surface area contributed by atoms with Gasteiger partial charge in [0.25, 0.3) is 0 Å². The van der Waals surface area contributed by atoms with Gasteiger partial charge < -0.3 is 5.73 Å². The third-order valence-corrected chi connectivity index (χ3v) is 4.42. The third kappa shape index (κ3) is 2.55. The predicted octanol–water partition coefficient (Wildman–Crippen LogP) is 5.23. The van der Waals surface area contributed by atoms with Crippen molar-refractivity contribution in [2.45, 2.75) is 6.92 Å². The van der Waals surface area contributed by atoms with E-state index in [1.165, 1.54) is 4.70 Å². The molecule has 0 aliphatic heterocycles. The first kappa shape index (κ1) is 13.2. The fourth-order valence-electron chi connectivity index (χ4n) is 2.10. The van der Waals surface area contributed by atoms with Gasteiger partial charge in [-0.05, 0) is 42.6 Å². The normalized spacial score (nSPS) is 12.0. The summed E-state index contributed by atoms with van der Waals surface area (Å²) in [6.45, 7) is 1.78. The molecule has 0 bridgehead atoms. The smallest absolute Gasteiger partial charge is 0.0964 e. The van der Waals surface area contributed by atoms with Crippen LogP contribution >= 0.6 is 22.9 Å². The molecule has 1 heterocycles. The topological polar surface area (TPSA) is 38.4 Å². The molecule has 0 spiro atoms. The van der Waals surface area contributed by atoms with Crippen molar-refractivity contribution in [1.29, 1.82) is 0 Å². The Morgan fingerprint density at radius 3 is 2.70 bits per heavy atom. The number of hydrogen-bond acceptors (Lipinski definition) is 2. The number of aliphatic imine (C=N–C) groups is 1. The van der Waals surface area contributed by atoms with E-state index in [9.17, 15) is 0 Å². The highest BCUT2D eigenvalue weighted by Crippen LogP contribution is 2.38. The number of nitrogens with two attached hydrogens (primary N) is 1. The highest BCUT2D eigenvalue weighted by atomic mass is 35.5. The molecule has 2 aromatic carbocycles. The van der Waals surface area contributed by atoms with Crippen LogP contribution in [0.4, 0.5) is 5.69 Å². The van der Waals surface area contributed by atoms with E-state index in [4.69, 9.17) is 17.3 Å². The predicted molar refractivity (Wildman–Crippen MR) is 89.2 cm³/mol. The molecule has 0 aliphatic rings. The van der Waals surface area contributed by atoms with E-state index in [1.54, 1.807) is 18.3 Å². The molecule has 0 atom stereocenters. The van der Waals surface area contributed by atoms with Gasteiger partial charge in [-0.15, -0.1) is 11.3 Å². The lowest BCUT2D eigenvalue weighted by atomic mass is 10.1. The second kappa shape index (κ2) is 5.27. The maximum absolute atomic E-state index is 6.25. The maximum atomic E-state index is 6.25. The van der Waals surface area contributed by atoms with Gasteiger partial charge in [0.1, 0.15) is 0 Å². The first-order valence-corrected chi connectivity index (χ1v) is 7.42. The molecule has 0 saturated heterocycles. The van der Waals surface area contributed by atoms with Crippen molar-refractivity contribution in [1.82, 2.24) is 0 Å². The van der Waals surface area contributed by atoms with Crippen LogP contribution in [0.15, 0.2) is 53.5 Å². The number of fused-ring (bicyclic) bond motifs is 1. The molecule has 100 valence electrons. The van der Waals surface area contributed by atoms with Crippen molar-refractivity contribution in [3.05, 3.63) is 53.6 Å². The molecule has 2 nitrogen and oxygen atoms in total. The number of benzene rings is 2. The standard InChI is InChI=1S/C16H13ClN2S/c1-10(18)19-12-6-7-15-11(8-12)9-16(20-15)13-4-2-3-5-14(13)17/h2-9H,1H3,(H2,18,19). The average Bonchev–Trinajstić information content (AvgIpc) is 2.81. The number of rotatable bonds is 2. The van der Waals surface area contributed by atoms with Crippen molar-refractivity contribution in [2.75, 3.05) is 0 Å². The minimum absolute atomic E-state index is 0.561. The summed E-state index contributed by atoms with van der Waals surface area (Å²) < 4.78 is 1.22. The molecule has 0 radical (unpaired) electrons. The van der Waals surface area contributed by atoms with E-state index in [0.717, 1.165) is 26.5 Å². The van der Waals surface area contributed by atoms with Crippen LogP contribution in [0, 0.1) is 0 Å². The number of thiophene rings is 1. The molecular formula is C16H13ClN2S. The van der Waals surface area contributed by atoms with Gasteiger partial charge in [-0.25, -0.2) is 4.99 Å². The van der Waals surface area contributed by atoms with Crippen molar-refractivity contribution < 1.29 is 0 Å². The van der Waals surface area contributed by atoms with Crippen LogP contribution in [-0.4, -0.2) is 5.84 Å². The second-order valence-electron chi connectivity index (χ2n) is 4.57. The Morgan fingerprint density at radius 1 is 1.15 bits per heavy atom. The van der Waals surface area contributed by atoms with Gasteiger partial charge in [-0.3, -0.25) is 0 Å². The summed E-state index contributed by atoms with van der Waals surface area (Å²) in [5.74, 6) is 0.561. The SMILES string of the molecule is CC(N)=Nc1ccc2sc(-c3ccccc3Cl)cc2c1. The maximum Gasteiger partial charge on any atom is 0.0964 e. The molecule has 0 saturated carbocycles. The lowest BCUT2D eigenvalue weighted by Crippen LogP contribution is -2.03. The fourth-order valence-corrected chi connectivity index (χ4v) is 3.47. The fraction of sp³-hybridized carbons (Fsp3) is 0.0625. The van der Waals surface area contributed by atoms with E-state index < -0.39 is 0 Å². The molecule has 3 aromatic rings. The first-order chi connectivity index (χ1) is 9.63. The molecule has 1 aromatic heterocycles. The largest absolute Gasteiger partial charge is 0.387 e. The van der Waals surface area contributed by atoms with Crippen LogP contribution < -0.4 is 5.73 Å². The lowest BCUT2D eigenvalue weighted by Gasteiger charge is -1.98. The highest BCUT2D eigenvalue weighted by Gasteiger charge is 2.07. The summed E-state index contributed by atoms with van der Waals surface area (Å²) in [5.41, 5.74) is 7.56. The summed E-state index contributed by atoms with van der Waals surface area (Å²) in [6, 6.07) is 16.1. The molecule has 0 fully saturated rings. The van der Waals surface area contributed by atoms with Crippen LogP contribution in [-0.2, 0) is 0 Å². The quantitative estimate of drug-likeness (QED) is 0.511. The van der Waals surface area contributed by atoms with Crippen LogP contribution in [0.5, 0.6) is 0 Å². The Kier molecular flexibility index (Phi) is 3.47. The Bertz CT molecular complexity index is 801. The van der Waals surface area contributed by atoms with E-state index in [-0.39, 0.29) is 0 Å². The molecule has 3 rings (SSSR count). The summed E-state index contributed by atoms with van der Waals surface area (Å²) in [6.07, 6.45) is 0. The van der Waals surface area contributed by atoms with Crippen LogP contribution in [0.2, 0.25) is 5.02 Å². The zero-order chi connectivity index (χ0) is 14.1. The molecule has 0 amide bonds. The Balaban J connectivity index is 2.12. The van der Waals surface area contributed by atoms with Gasteiger partial charge in [-0.1, -0.05) is 29.8 Å². The minimum Gasteiger partial charge on any atom is -0.387 e. The van der Waals surface area contributed by atoms with Gasteiger partial charge in [-0.2, -0.15) is 0 Å². The number of amidine groups is 1. The van der Waals surface area contributed by atoms with E-state index in [1.807, 2.05) is 36.4 Å². The molecule has 0 aliphatic carbocycles. The van der Waals surface area contributed by atoms with Crippen LogP contribution in [0.3, 0.4) is 0 Å². The van der Waals surface area contributed by atoms with E-state index in [2.05, 4.69) is 17.1 Å². The molecular weight excluding hydrogens is 288 g/mol. The van der Waals surface area contributed by atoms with Crippen molar-refractivity contribution >= 4 is 44.5 Å². The molecule has 4 heteroatoms. The summed E-state index contributed by atoms with van der Waals surface area (Å²) >= 11 is 7.98. The monoisotopic (exact) mass is 300 g/mol. The average molecular weight is 301 g/mol. The zero-order valence-corrected chi connectivity index (χ0v) is 12.5. The Morgan fingerprint density at radius 2 is 1.95 bits per heavy atom. The lowest BCUT2D eigenvalue weighted by molar-refractivity contribution is 1.47. The van der Waals surface area contributed by atoms with Crippen molar-refractivity contribution in [3.63, 3.8) is 0 Å². The van der Waals surface area contributed by atoms with Gasteiger partial charge in [0.05, 0.1) is 11.5 Å². The van der Waals surface area contributed by atoms with Crippen LogP contribution in [0.25, 0.3) is 20.5 Å². The van der Waals surface area contributed by atoms with Gasteiger partial charge in [0, 0.05) is 20.2 Å². The minimum atomic E-state index is 0.561. The summed E-state index contributed by atoms with van der Waals surface area (Å²) in [7, 11) is 0. The molecule has 2 N–H and O–H groups in total. The summed E-state index contributed by atoms with van der Waals surface area (Å²) in [4.78, 5) is 5.45. The van der Waals surface area contributed by atoms with Crippen molar-refractivity contribution in [3.8, 4) is 10.4 Å². The van der Waals surface area contributed by atoms with E-state index >= 15 is 0 Å². The van der Waals surface area contributed by atoms with Crippen LogP contribution in [0.1, 0.15) is 6.92 Å². The number of halogens is 1. The number of hydrogen-bond donors (Lipinski definition) is 1. The van der Waals surface area contributed by atoms with Gasteiger partial charge in [0.15, 0.2) is 0 Å². The molecule has 20 heavy (non-hydrogen) atoms. The van der Waals surface area contributed by atoms with Gasteiger partial charge >= 0.3 is 0 Å². The summed E-state index contributed by atoms with van der Waals surface area (Å²) in [5, 5.41) is 1.93. The second-order valence-corrected chi connectivity index (χ2v) is 6.06. The Labute approximate surface area is 126 Å². The zero-order valence-electron chi connectivity index (χ0n) is 10.9. The van der Waals surface area contributed by atoms with Gasteiger partial charge in [0.2, 0.25) is 0 Å².